The van der Waals surface area contributed by atoms with Gasteiger partial charge in [0.1, 0.15) is 5.78 Å². The van der Waals surface area contributed by atoms with Gasteiger partial charge in [-0.25, -0.2) is 0 Å². The second kappa shape index (κ2) is 7.17. The van der Waals surface area contributed by atoms with Gasteiger partial charge < -0.3 is 9.47 Å². The molecule has 1 aromatic rings. The molecular formula is C16H24O3. The zero-order valence-electron chi connectivity index (χ0n) is 12.4. The van der Waals surface area contributed by atoms with Gasteiger partial charge in [0.25, 0.3) is 0 Å². The van der Waals surface area contributed by atoms with Gasteiger partial charge in [-0.1, -0.05) is 32.9 Å². The molecule has 0 spiro atoms. The molecule has 3 nitrogen and oxygen atoms in total. The van der Waals surface area contributed by atoms with Crippen LogP contribution >= 0.6 is 0 Å². The smallest absolute Gasteiger partial charge is 0.161 e. The Balaban J connectivity index is 2.39. The number of carbonyl (C=O) groups is 1. The van der Waals surface area contributed by atoms with Crippen molar-refractivity contribution in [2.24, 2.45) is 5.41 Å². The third-order valence-corrected chi connectivity index (χ3v) is 2.79. The fourth-order valence-electron chi connectivity index (χ4n) is 1.63. The summed E-state index contributed by atoms with van der Waals surface area (Å²) < 4.78 is 11.2. The van der Waals surface area contributed by atoms with Gasteiger partial charge in [0, 0.05) is 11.8 Å². The lowest BCUT2D eigenvalue weighted by molar-refractivity contribution is -0.126. The highest BCUT2D eigenvalue weighted by atomic mass is 16.5. The number of carbonyl (C=O) groups excluding carboxylic acids is 1. The van der Waals surface area contributed by atoms with Crippen LogP contribution in [0.2, 0.25) is 0 Å². The minimum absolute atomic E-state index is 0.261. The van der Waals surface area contributed by atoms with Gasteiger partial charge >= 0.3 is 0 Å². The minimum atomic E-state index is -0.261. The van der Waals surface area contributed by atoms with Crippen LogP contribution in [0.1, 0.15) is 40.5 Å². The maximum absolute atomic E-state index is 11.8. The van der Waals surface area contributed by atoms with E-state index in [4.69, 9.17) is 9.47 Å². The largest absolute Gasteiger partial charge is 0.490 e. The van der Waals surface area contributed by atoms with E-state index in [2.05, 4.69) is 0 Å². The van der Waals surface area contributed by atoms with Crippen molar-refractivity contribution in [3.8, 4) is 11.5 Å². The Morgan fingerprint density at radius 2 is 1.68 bits per heavy atom. The number of ether oxygens (including phenoxy) is 2. The van der Waals surface area contributed by atoms with Crippen molar-refractivity contribution in [2.75, 3.05) is 13.2 Å². The average Bonchev–Trinajstić information content (AvgIpc) is 2.35. The quantitative estimate of drug-likeness (QED) is 0.701. The molecule has 0 radical (unpaired) electrons. The zero-order valence-corrected chi connectivity index (χ0v) is 12.4. The van der Waals surface area contributed by atoms with E-state index in [0.29, 0.717) is 19.6 Å². The first-order valence-corrected chi connectivity index (χ1v) is 6.83. The second-order valence-corrected chi connectivity index (χ2v) is 5.50. The molecule has 1 aromatic carbocycles. The van der Waals surface area contributed by atoms with E-state index in [0.717, 1.165) is 17.9 Å². The maximum atomic E-state index is 11.8. The van der Waals surface area contributed by atoms with Crippen molar-refractivity contribution in [1.82, 2.24) is 0 Å². The van der Waals surface area contributed by atoms with Crippen LogP contribution in [-0.2, 0) is 4.79 Å². The van der Waals surface area contributed by atoms with E-state index in [1.165, 1.54) is 0 Å². The first kappa shape index (κ1) is 15.5. The van der Waals surface area contributed by atoms with Crippen molar-refractivity contribution in [1.29, 1.82) is 0 Å². The molecule has 0 bridgehead atoms. The van der Waals surface area contributed by atoms with E-state index >= 15 is 0 Å². The molecule has 1 rings (SSSR count). The molecule has 0 N–H and O–H groups in total. The molecule has 0 atom stereocenters. The van der Waals surface area contributed by atoms with E-state index in [1.54, 1.807) is 0 Å². The van der Waals surface area contributed by atoms with Gasteiger partial charge in [0.15, 0.2) is 11.5 Å². The summed E-state index contributed by atoms with van der Waals surface area (Å²) in [7, 11) is 0. The van der Waals surface area contributed by atoms with E-state index in [9.17, 15) is 4.79 Å². The summed E-state index contributed by atoms with van der Waals surface area (Å²) in [5.41, 5.74) is -0.261. The predicted molar refractivity (Wildman–Crippen MR) is 76.8 cm³/mol. The van der Waals surface area contributed by atoms with Crippen molar-refractivity contribution in [3.05, 3.63) is 24.3 Å². The summed E-state index contributed by atoms with van der Waals surface area (Å²) in [6.45, 7) is 8.93. The normalized spacial score (nSPS) is 11.2. The number of benzene rings is 1. The number of para-hydroxylation sites is 2. The number of hydrogen-bond acceptors (Lipinski definition) is 3. The molecular weight excluding hydrogens is 240 g/mol. The SMILES string of the molecule is CCOc1ccccc1OCCCC(=O)C(C)(C)C. The van der Waals surface area contributed by atoms with Crippen molar-refractivity contribution in [3.63, 3.8) is 0 Å². The van der Waals surface area contributed by atoms with E-state index in [-0.39, 0.29) is 11.2 Å². The van der Waals surface area contributed by atoms with Gasteiger partial charge in [-0.15, -0.1) is 0 Å². The second-order valence-electron chi connectivity index (χ2n) is 5.50. The summed E-state index contributed by atoms with van der Waals surface area (Å²) >= 11 is 0. The Bertz CT molecular complexity index is 405. The lowest BCUT2D eigenvalue weighted by atomic mass is 9.88. The minimum Gasteiger partial charge on any atom is -0.490 e. The van der Waals surface area contributed by atoms with Gasteiger partial charge in [-0.3, -0.25) is 4.79 Å². The molecule has 0 fully saturated rings. The number of hydrogen-bond donors (Lipinski definition) is 0. The van der Waals surface area contributed by atoms with E-state index < -0.39 is 0 Å². The third kappa shape index (κ3) is 5.33. The molecule has 0 heterocycles. The Kier molecular flexibility index (Phi) is 5.87. The maximum Gasteiger partial charge on any atom is 0.161 e. The van der Waals surface area contributed by atoms with Crippen LogP contribution in [0.4, 0.5) is 0 Å². The van der Waals surface area contributed by atoms with Crippen molar-refractivity contribution < 1.29 is 14.3 Å². The molecule has 0 aliphatic rings. The van der Waals surface area contributed by atoms with Crippen LogP contribution in [0.15, 0.2) is 24.3 Å². The molecule has 0 aromatic heterocycles. The summed E-state index contributed by atoms with van der Waals surface area (Å²) in [4.78, 5) is 11.8. The Hall–Kier alpha value is -1.51. The monoisotopic (exact) mass is 264 g/mol. The average molecular weight is 264 g/mol. The zero-order chi connectivity index (χ0) is 14.3. The first-order chi connectivity index (χ1) is 8.95. The lowest BCUT2D eigenvalue weighted by Crippen LogP contribution is -2.20. The van der Waals surface area contributed by atoms with Gasteiger partial charge in [0.2, 0.25) is 0 Å². The van der Waals surface area contributed by atoms with Crippen molar-refractivity contribution >= 4 is 5.78 Å². The van der Waals surface area contributed by atoms with Crippen LogP contribution in [0, 0.1) is 5.41 Å². The fourth-order valence-corrected chi connectivity index (χ4v) is 1.63. The lowest BCUT2D eigenvalue weighted by Gasteiger charge is -2.16. The molecule has 106 valence electrons. The van der Waals surface area contributed by atoms with Crippen LogP contribution < -0.4 is 9.47 Å². The molecule has 0 unspecified atom stereocenters. The Morgan fingerprint density at radius 3 is 2.21 bits per heavy atom. The van der Waals surface area contributed by atoms with E-state index in [1.807, 2.05) is 52.0 Å². The molecule has 0 saturated carbocycles. The summed E-state index contributed by atoms with van der Waals surface area (Å²) in [6.07, 6.45) is 1.29. The number of Topliss-reactive ketones (excluding diaryl/α,β-unsaturated/α-hetero) is 1. The predicted octanol–water partition coefficient (Wildman–Crippen LogP) is 3.86. The molecule has 0 aliphatic carbocycles. The van der Waals surface area contributed by atoms with Crippen LogP contribution in [0.25, 0.3) is 0 Å². The van der Waals surface area contributed by atoms with Gasteiger partial charge in [0.05, 0.1) is 13.2 Å². The molecule has 0 amide bonds. The summed E-state index contributed by atoms with van der Waals surface area (Å²) in [5.74, 6) is 1.77. The molecule has 0 saturated heterocycles. The topological polar surface area (TPSA) is 35.5 Å². The number of ketones is 1. The molecule has 0 aliphatic heterocycles. The summed E-state index contributed by atoms with van der Waals surface area (Å²) in [6, 6.07) is 7.61. The number of rotatable bonds is 7. The third-order valence-electron chi connectivity index (χ3n) is 2.79. The van der Waals surface area contributed by atoms with Crippen LogP contribution in [0.5, 0.6) is 11.5 Å². The van der Waals surface area contributed by atoms with Crippen LogP contribution in [-0.4, -0.2) is 19.0 Å². The fraction of sp³-hybridized carbons (Fsp3) is 0.562. The standard InChI is InChI=1S/C16H24O3/c1-5-18-13-9-6-7-10-14(13)19-12-8-11-15(17)16(2,3)4/h6-7,9-10H,5,8,11-12H2,1-4H3. The molecule has 3 heteroatoms. The highest BCUT2D eigenvalue weighted by Crippen LogP contribution is 2.26. The van der Waals surface area contributed by atoms with Crippen molar-refractivity contribution in [2.45, 2.75) is 40.5 Å². The van der Waals surface area contributed by atoms with Crippen LogP contribution in [0.3, 0.4) is 0 Å². The van der Waals surface area contributed by atoms with Gasteiger partial charge in [-0.2, -0.15) is 0 Å². The Morgan fingerprint density at radius 1 is 1.11 bits per heavy atom. The highest BCUT2D eigenvalue weighted by molar-refractivity contribution is 5.83. The first-order valence-electron chi connectivity index (χ1n) is 6.83. The van der Waals surface area contributed by atoms with Gasteiger partial charge in [-0.05, 0) is 25.5 Å². The summed E-state index contributed by atoms with van der Waals surface area (Å²) in [5, 5.41) is 0. The molecule has 19 heavy (non-hydrogen) atoms. The highest BCUT2D eigenvalue weighted by Gasteiger charge is 2.20. The Labute approximate surface area is 115 Å².